The van der Waals surface area contributed by atoms with Crippen molar-refractivity contribution in [1.82, 2.24) is 10.2 Å². The Hall–Kier alpha value is -2.08. The van der Waals surface area contributed by atoms with Crippen LogP contribution in [0.25, 0.3) is 6.08 Å². The molecule has 6 heteroatoms. The molecular formula is C16H17BrN2O3. The van der Waals surface area contributed by atoms with Crippen LogP contribution in [-0.4, -0.2) is 29.5 Å². The van der Waals surface area contributed by atoms with E-state index < -0.39 is 6.03 Å². The molecule has 116 valence electrons. The average Bonchev–Trinajstić information content (AvgIpc) is 2.70. The topological polar surface area (TPSA) is 58.6 Å². The number of hydrogen-bond donors (Lipinski definition) is 1. The van der Waals surface area contributed by atoms with Gasteiger partial charge in [-0.05, 0) is 53.5 Å². The normalized spacial score (nSPS) is 16.4. The Morgan fingerprint density at radius 2 is 2.14 bits per heavy atom. The summed E-state index contributed by atoms with van der Waals surface area (Å²) >= 11 is 3.44. The van der Waals surface area contributed by atoms with Crippen LogP contribution in [-0.2, 0) is 4.79 Å². The van der Waals surface area contributed by atoms with E-state index in [0.717, 1.165) is 20.7 Å². The second-order valence-corrected chi connectivity index (χ2v) is 5.90. The van der Waals surface area contributed by atoms with Gasteiger partial charge in [0.25, 0.3) is 5.91 Å². The van der Waals surface area contributed by atoms with Crippen LogP contribution in [0.3, 0.4) is 0 Å². The molecule has 0 atom stereocenters. The van der Waals surface area contributed by atoms with Crippen LogP contribution in [0.15, 0.2) is 41.0 Å². The number of urea groups is 1. The van der Waals surface area contributed by atoms with Gasteiger partial charge in [0.1, 0.15) is 11.4 Å². The van der Waals surface area contributed by atoms with E-state index >= 15 is 0 Å². The molecule has 0 unspecified atom stereocenters. The van der Waals surface area contributed by atoms with Crippen molar-refractivity contribution in [3.63, 3.8) is 0 Å². The fraction of sp³-hybridized carbons (Fsp3) is 0.250. The molecular weight excluding hydrogens is 348 g/mol. The lowest BCUT2D eigenvalue weighted by atomic mass is 10.2. The Balaban J connectivity index is 2.23. The third kappa shape index (κ3) is 3.57. The van der Waals surface area contributed by atoms with E-state index in [9.17, 15) is 9.59 Å². The van der Waals surface area contributed by atoms with Crippen LogP contribution in [0.5, 0.6) is 5.75 Å². The summed E-state index contributed by atoms with van der Waals surface area (Å²) < 4.78 is 6.42. The molecule has 0 aliphatic carbocycles. The van der Waals surface area contributed by atoms with Crippen molar-refractivity contribution >= 4 is 33.9 Å². The Kier molecular flexibility index (Phi) is 5.03. The van der Waals surface area contributed by atoms with Crippen molar-refractivity contribution in [2.45, 2.75) is 20.0 Å². The minimum atomic E-state index is -0.435. The maximum Gasteiger partial charge on any atom is 0.329 e. The first-order chi connectivity index (χ1) is 10.4. The monoisotopic (exact) mass is 364 g/mol. The van der Waals surface area contributed by atoms with Crippen LogP contribution in [0.2, 0.25) is 0 Å². The molecule has 1 aliphatic heterocycles. The number of nitrogens with zero attached hydrogens (tertiary/aromatic N) is 1. The standard InChI is InChI=1S/C16H17BrN2O3/c1-4-7-19-15(20)13(18-16(19)21)9-11-5-6-14(12(17)8-11)22-10(2)3/h4-6,8-10H,1,7H2,2-3H3,(H,18,21)/b13-9+. The molecule has 1 aliphatic rings. The Bertz CT molecular complexity index is 653. The molecule has 1 aromatic carbocycles. The molecule has 5 nitrogen and oxygen atoms in total. The highest BCUT2D eigenvalue weighted by Crippen LogP contribution is 2.28. The highest BCUT2D eigenvalue weighted by atomic mass is 79.9. The third-order valence-electron chi connectivity index (χ3n) is 2.90. The predicted molar refractivity (Wildman–Crippen MR) is 88.3 cm³/mol. The first-order valence-electron chi connectivity index (χ1n) is 6.84. The van der Waals surface area contributed by atoms with Gasteiger partial charge in [-0.3, -0.25) is 9.69 Å². The van der Waals surface area contributed by atoms with Gasteiger partial charge >= 0.3 is 6.03 Å². The average molecular weight is 365 g/mol. The second kappa shape index (κ2) is 6.79. The van der Waals surface area contributed by atoms with E-state index in [4.69, 9.17) is 4.74 Å². The molecule has 0 spiro atoms. The number of carbonyl (C=O) groups excluding carboxylic acids is 2. The van der Waals surface area contributed by atoms with Crippen molar-refractivity contribution in [2.75, 3.05) is 6.54 Å². The summed E-state index contributed by atoms with van der Waals surface area (Å²) in [6, 6.07) is 5.04. The van der Waals surface area contributed by atoms with Crippen LogP contribution in [0.1, 0.15) is 19.4 Å². The first kappa shape index (κ1) is 16.3. The minimum Gasteiger partial charge on any atom is -0.490 e. The molecule has 3 amide bonds. The molecule has 1 N–H and O–H groups in total. The highest BCUT2D eigenvalue weighted by Gasteiger charge is 2.32. The second-order valence-electron chi connectivity index (χ2n) is 5.05. The molecule has 2 rings (SSSR count). The quantitative estimate of drug-likeness (QED) is 0.495. The van der Waals surface area contributed by atoms with E-state index in [1.807, 2.05) is 32.0 Å². The first-order valence-corrected chi connectivity index (χ1v) is 7.63. The summed E-state index contributed by atoms with van der Waals surface area (Å²) in [6.07, 6.45) is 3.21. The Morgan fingerprint density at radius 1 is 1.41 bits per heavy atom. The van der Waals surface area contributed by atoms with Gasteiger partial charge in [0, 0.05) is 6.54 Å². The van der Waals surface area contributed by atoms with Gasteiger partial charge in [-0.1, -0.05) is 12.1 Å². The maximum absolute atomic E-state index is 12.1. The van der Waals surface area contributed by atoms with Crippen LogP contribution in [0, 0.1) is 0 Å². The fourth-order valence-corrected chi connectivity index (χ4v) is 2.48. The largest absolute Gasteiger partial charge is 0.490 e. The van der Waals surface area contributed by atoms with Crippen LogP contribution in [0.4, 0.5) is 4.79 Å². The molecule has 0 bridgehead atoms. The highest BCUT2D eigenvalue weighted by molar-refractivity contribution is 9.10. The van der Waals surface area contributed by atoms with E-state index in [1.165, 1.54) is 6.08 Å². The van der Waals surface area contributed by atoms with Gasteiger partial charge in [0.2, 0.25) is 0 Å². The number of hydrogen-bond acceptors (Lipinski definition) is 3. The number of ether oxygens (including phenoxy) is 1. The van der Waals surface area contributed by atoms with Gasteiger partial charge in [-0.15, -0.1) is 6.58 Å². The summed E-state index contributed by atoms with van der Waals surface area (Å²) in [5.41, 5.74) is 1.03. The molecule has 1 aromatic rings. The summed E-state index contributed by atoms with van der Waals surface area (Å²) in [6.45, 7) is 7.62. The van der Waals surface area contributed by atoms with Gasteiger partial charge in [0.15, 0.2) is 0 Å². The van der Waals surface area contributed by atoms with E-state index in [1.54, 1.807) is 6.08 Å². The molecule has 1 fully saturated rings. The molecule has 0 radical (unpaired) electrons. The lowest BCUT2D eigenvalue weighted by Crippen LogP contribution is -2.30. The minimum absolute atomic E-state index is 0.0728. The van der Waals surface area contributed by atoms with Gasteiger partial charge < -0.3 is 10.1 Å². The van der Waals surface area contributed by atoms with Crippen molar-refractivity contribution in [1.29, 1.82) is 0 Å². The SMILES string of the molecule is C=CCN1C(=O)N/C(=C/c2ccc(OC(C)C)c(Br)c2)C1=O. The molecule has 0 aromatic heterocycles. The Labute approximate surface area is 137 Å². The van der Waals surface area contributed by atoms with Gasteiger partial charge in [-0.2, -0.15) is 0 Å². The predicted octanol–water partition coefficient (Wildman–Crippen LogP) is 3.32. The number of amides is 3. The number of rotatable bonds is 5. The third-order valence-corrected chi connectivity index (χ3v) is 3.52. The molecule has 1 heterocycles. The number of imide groups is 1. The lowest BCUT2D eigenvalue weighted by Gasteiger charge is -2.11. The summed E-state index contributed by atoms with van der Waals surface area (Å²) in [7, 11) is 0. The van der Waals surface area contributed by atoms with Crippen molar-refractivity contribution in [3.05, 3.63) is 46.6 Å². The van der Waals surface area contributed by atoms with Crippen LogP contribution >= 0.6 is 15.9 Å². The van der Waals surface area contributed by atoms with E-state index in [2.05, 4.69) is 27.8 Å². The number of nitrogens with one attached hydrogen (secondary N) is 1. The molecule has 0 saturated carbocycles. The number of benzene rings is 1. The molecule has 22 heavy (non-hydrogen) atoms. The Morgan fingerprint density at radius 3 is 2.73 bits per heavy atom. The smallest absolute Gasteiger partial charge is 0.329 e. The van der Waals surface area contributed by atoms with Crippen molar-refractivity contribution in [3.8, 4) is 5.75 Å². The lowest BCUT2D eigenvalue weighted by molar-refractivity contribution is -0.122. The summed E-state index contributed by atoms with van der Waals surface area (Å²) in [4.78, 5) is 24.9. The fourth-order valence-electron chi connectivity index (χ4n) is 1.99. The van der Waals surface area contributed by atoms with Gasteiger partial charge in [-0.25, -0.2) is 4.79 Å². The zero-order chi connectivity index (χ0) is 16.3. The van der Waals surface area contributed by atoms with Gasteiger partial charge in [0.05, 0.1) is 10.6 Å². The number of halogens is 1. The van der Waals surface area contributed by atoms with E-state index in [-0.39, 0.29) is 24.3 Å². The maximum atomic E-state index is 12.1. The summed E-state index contributed by atoms with van der Waals surface area (Å²) in [5.74, 6) is 0.371. The zero-order valence-corrected chi connectivity index (χ0v) is 14.0. The summed E-state index contributed by atoms with van der Waals surface area (Å²) in [5, 5.41) is 2.56. The molecule has 1 saturated heterocycles. The van der Waals surface area contributed by atoms with Crippen LogP contribution < -0.4 is 10.1 Å². The van der Waals surface area contributed by atoms with E-state index in [0.29, 0.717) is 0 Å². The zero-order valence-electron chi connectivity index (χ0n) is 12.4. The number of carbonyl (C=O) groups is 2. The van der Waals surface area contributed by atoms with Crippen molar-refractivity contribution < 1.29 is 14.3 Å². The van der Waals surface area contributed by atoms with Crippen molar-refractivity contribution in [2.24, 2.45) is 0 Å².